The third-order valence-electron chi connectivity index (χ3n) is 3.89. The second-order valence-electron chi connectivity index (χ2n) is 7.12. The number of hydrogen-bond acceptors (Lipinski definition) is 6. The number of ether oxygens (including phenoxy) is 2. The van der Waals surface area contributed by atoms with Gasteiger partial charge in [0.25, 0.3) is 0 Å². The molecule has 192 valence electrons. The average Bonchev–Trinajstić information content (AvgIpc) is 2.79. The van der Waals surface area contributed by atoms with Gasteiger partial charge < -0.3 is 25.4 Å². The van der Waals surface area contributed by atoms with E-state index in [0.29, 0.717) is 17.0 Å². The average molecular weight is 480 g/mol. The molecule has 0 heterocycles. The van der Waals surface area contributed by atoms with E-state index in [1.54, 1.807) is 59.8 Å². The maximum Gasteiger partial charge on any atom is 0.414 e. The molecule has 0 aliphatic carbocycles. The van der Waals surface area contributed by atoms with E-state index in [1.165, 1.54) is 14.0 Å². The van der Waals surface area contributed by atoms with Gasteiger partial charge in [0.15, 0.2) is 0 Å². The fourth-order valence-electron chi connectivity index (χ4n) is 2.73. The zero-order valence-electron chi connectivity index (χ0n) is 22.0. The Bertz CT molecular complexity index is 779. The number of anilines is 1. The van der Waals surface area contributed by atoms with Crippen molar-refractivity contribution in [2.45, 2.75) is 67.5 Å². The molecule has 0 saturated heterocycles. The summed E-state index contributed by atoms with van der Waals surface area (Å²) in [6.45, 7) is 14.9. The van der Waals surface area contributed by atoms with Gasteiger partial charge in [-0.05, 0) is 72.0 Å². The number of nitrogens with zero attached hydrogens (tertiary/aromatic N) is 1. The Labute approximate surface area is 204 Å². The van der Waals surface area contributed by atoms with E-state index in [4.69, 9.17) is 9.47 Å². The van der Waals surface area contributed by atoms with Crippen LogP contribution in [0.15, 0.2) is 48.2 Å². The molecule has 0 bridgehead atoms. The lowest BCUT2D eigenvalue weighted by atomic mass is 10.2. The molecule has 2 amide bonds. The molecule has 34 heavy (non-hydrogen) atoms. The molecular formula is C25H43N4O5+. The smallest absolute Gasteiger partial charge is 0.414 e. The Balaban J connectivity index is 0. The van der Waals surface area contributed by atoms with E-state index in [2.05, 4.69) is 11.1 Å². The molecule has 1 aromatic carbocycles. The number of allylic oxidation sites excluding steroid dienone is 1. The number of nitrogens with one attached hydrogen (secondary N) is 1. The van der Waals surface area contributed by atoms with Crippen molar-refractivity contribution in [2.75, 3.05) is 19.1 Å². The highest BCUT2D eigenvalue weighted by molar-refractivity contribution is 5.93. The molecule has 0 spiro atoms. The van der Waals surface area contributed by atoms with Crippen molar-refractivity contribution in [3.63, 3.8) is 0 Å². The third kappa shape index (κ3) is 13.4. The maximum atomic E-state index is 12.4. The Morgan fingerprint density at radius 1 is 1.06 bits per heavy atom. The molecule has 0 radical (unpaired) electrons. The SMILES string of the molecule is C/C=C\C(=C/[NH2+]COC(=O)N(C(C)C)C(C)C)C(=O)Oc1ccc(NC(C)=O)cc1.CC.CN. The Kier molecular flexibility index (Phi) is 18.7. The van der Waals surface area contributed by atoms with Crippen LogP contribution in [-0.2, 0) is 14.3 Å². The van der Waals surface area contributed by atoms with Gasteiger partial charge in [0.2, 0.25) is 12.6 Å². The van der Waals surface area contributed by atoms with Gasteiger partial charge in [-0.3, -0.25) is 10.1 Å². The van der Waals surface area contributed by atoms with Crippen molar-refractivity contribution in [3.05, 3.63) is 48.2 Å². The van der Waals surface area contributed by atoms with Crippen molar-refractivity contribution in [2.24, 2.45) is 5.73 Å². The number of quaternary nitrogens is 1. The lowest BCUT2D eigenvalue weighted by Crippen LogP contribution is -2.79. The summed E-state index contributed by atoms with van der Waals surface area (Å²) in [5.41, 5.74) is 5.42. The van der Waals surface area contributed by atoms with Gasteiger partial charge in [-0.1, -0.05) is 19.9 Å². The molecule has 0 saturated carbocycles. The zero-order chi connectivity index (χ0) is 26.7. The second kappa shape index (κ2) is 19.3. The number of esters is 1. The van der Waals surface area contributed by atoms with Crippen molar-refractivity contribution >= 4 is 23.7 Å². The molecule has 9 heteroatoms. The monoisotopic (exact) mass is 479 g/mol. The van der Waals surface area contributed by atoms with Gasteiger partial charge in [0, 0.05) is 24.7 Å². The van der Waals surface area contributed by atoms with E-state index in [9.17, 15) is 14.4 Å². The van der Waals surface area contributed by atoms with Crippen molar-refractivity contribution in [1.82, 2.24) is 4.90 Å². The molecule has 0 aliphatic rings. The summed E-state index contributed by atoms with van der Waals surface area (Å²) in [7, 11) is 1.50. The lowest BCUT2D eigenvalue weighted by Gasteiger charge is -2.29. The largest absolute Gasteiger partial charge is 0.423 e. The normalized spacial score (nSPS) is 10.6. The Morgan fingerprint density at radius 3 is 2.03 bits per heavy atom. The summed E-state index contributed by atoms with van der Waals surface area (Å²) < 4.78 is 10.6. The predicted molar refractivity (Wildman–Crippen MR) is 136 cm³/mol. The van der Waals surface area contributed by atoms with Crippen LogP contribution in [0, 0.1) is 0 Å². The topological polar surface area (TPSA) is 128 Å². The first kappa shape index (κ1) is 33.0. The molecule has 5 N–H and O–H groups in total. The summed E-state index contributed by atoms with van der Waals surface area (Å²) >= 11 is 0. The van der Waals surface area contributed by atoms with Gasteiger partial charge in [-0.2, -0.15) is 0 Å². The lowest BCUT2D eigenvalue weighted by molar-refractivity contribution is -0.620. The van der Waals surface area contributed by atoms with Crippen molar-refractivity contribution < 1.29 is 29.2 Å². The summed E-state index contributed by atoms with van der Waals surface area (Å²) in [6.07, 6.45) is 4.47. The molecule has 9 nitrogen and oxygen atoms in total. The van der Waals surface area contributed by atoms with Crippen LogP contribution in [0.25, 0.3) is 0 Å². The summed E-state index contributed by atoms with van der Waals surface area (Å²) in [4.78, 5) is 37.3. The van der Waals surface area contributed by atoms with Gasteiger partial charge in [0.1, 0.15) is 17.5 Å². The van der Waals surface area contributed by atoms with E-state index in [-0.39, 0.29) is 24.7 Å². The molecule has 1 rings (SSSR count). The van der Waals surface area contributed by atoms with Crippen LogP contribution in [-0.4, -0.2) is 48.7 Å². The minimum absolute atomic E-state index is 0.0265. The number of carbonyl (C=O) groups is 3. The fourth-order valence-corrected chi connectivity index (χ4v) is 2.73. The summed E-state index contributed by atoms with van der Waals surface area (Å²) in [5, 5.41) is 4.23. The van der Waals surface area contributed by atoms with Crippen LogP contribution in [0.2, 0.25) is 0 Å². The molecular weight excluding hydrogens is 436 g/mol. The minimum Gasteiger partial charge on any atom is -0.423 e. The first-order chi connectivity index (χ1) is 16.1. The maximum absolute atomic E-state index is 12.4. The number of carbonyl (C=O) groups excluding carboxylic acids is 3. The first-order valence-electron chi connectivity index (χ1n) is 11.4. The fraction of sp³-hybridized carbons (Fsp3) is 0.480. The van der Waals surface area contributed by atoms with E-state index < -0.39 is 12.1 Å². The number of benzene rings is 1. The molecule has 0 unspecified atom stereocenters. The summed E-state index contributed by atoms with van der Waals surface area (Å²) in [5.74, 6) is -0.381. The van der Waals surface area contributed by atoms with Crippen LogP contribution >= 0.6 is 0 Å². The minimum atomic E-state index is -0.547. The number of hydrogen-bond donors (Lipinski definition) is 3. The van der Waals surface area contributed by atoms with E-state index >= 15 is 0 Å². The highest BCUT2D eigenvalue weighted by Gasteiger charge is 2.21. The van der Waals surface area contributed by atoms with Gasteiger partial charge >= 0.3 is 12.1 Å². The Hall–Kier alpha value is -3.17. The quantitative estimate of drug-likeness (QED) is 0.124. The van der Waals surface area contributed by atoms with Crippen LogP contribution in [0.1, 0.15) is 55.4 Å². The van der Waals surface area contributed by atoms with Gasteiger partial charge in [-0.25, -0.2) is 9.59 Å². The van der Waals surface area contributed by atoms with E-state index in [0.717, 1.165) is 0 Å². The number of amides is 2. The van der Waals surface area contributed by atoms with Gasteiger partial charge in [0.05, 0.1) is 0 Å². The first-order valence-corrected chi connectivity index (χ1v) is 11.4. The number of nitrogens with two attached hydrogens (primary N) is 2. The Morgan fingerprint density at radius 2 is 1.59 bits per heavy atom. The molecule has 0 aliphatic heterocycles. The standard InChI is InChI=1S/C22H31N3O5.C2H6.CH5N/c1-7-8-18(13-23-14-29-22(28)25(15(2)3)16(4)5)21(27)30-20-11-9-19(10-12-20)24-17(6)26;2*1-2/h7-13,15-16,23H,14H2,1-6H3,(H,24,26);1-2H3;2H2,1H3/p+1/b8-7-,18-13+;;. The highest BCUT2D eigenvalue weighted by atomic mass is 16.6. The zero-order valence-corrected chi connectivity index (χ0v) is 22.0. The third-order valence-corrected chi connectivity index (χ3v) is 3.89. The molecule has 1 aromatic rings. The summed E-state index contributed by atoms with van der Waals surface area (Å²) in [6, 6.07) is 6.52. The predicted octanol–water partition coefficient (Wildman–Crippen LogP) is 3.39. The van der Waals surface area contributed by atoms with Crippen LogP contribution < -0.4 is 21.1 Å². The van der Waals surface area contributed by atoms with Crippen LogP contribution in [0.4, 0.5) is 10.5 Å². The number of rotatable bonds is 9. The highest BCUT2D eigenvalue weighted by Crippen LogP contribution is 2.17. The van der Waals surface area contributed by atoms with Crippen molar-refractivity contribution in [1.29, 1.82) is 0 Å². The van der Waals surface area contributed by atoms with Crippen LogP contribution in [0.5, 0.6) is 5.75 Å². The molecule has 0 aromatic heterocycles. The molecule has 0 atom stereocenters. The molecule has 0 fully saturated rings. The van der Waals surface area contributed by atoms with E-state index in [1.807, 2.05) is 41.5 Å². The second-order valence-corrected chi connectivity index (χ2v) is 7.12. The van der Waals surface area contributed by atoms with Crippen molar-refractivity contribution in [3.8, 4) is 5.75 Å². The van der Waals surface area contributed by atoms with Gasteiger partial charge in [-0.15, -0.1) is 0 Å². The van der Waals surface area contributed by atoms with Crippen LogP contribution in [0.3, 0.4) is 0 Å².